The number of likely N-dealkylation sites (tertiary alicyclic amines) is 1. The van der Waals surface area contributed by atoms with Crippen molar-refractivity contribution in [2.75, 3.05) is 33.0 Å². The van der Waals surface area contributed by atoms with Crippen LogP contribution in [-0.2, 0) is 20.7 Å². The van der Waals surface area contributed by atoms with Crippen LogP contribution in [-0.4, -0.2) is 55.9 Å². The number of nitrogens with one attached hydrogen (secondary N) is 1. The molecule has 0 aromatic heterocycles. The van der Waals surface area contributed by atoms with Gasteiger partial charge in [-0.1, -0.05) is 6.07 Å². The fourth-order valence-corrected chi connectivity index (χ4v) is 3.91. The molecular formula is C20H26N2O5. The first-order chi connectivity index (χ1) is 13.2. The number of carbonyl (C=O) groups excluding carboxylic acids is 2. The summed E-state index contributed by atoms with van der Waals surface area (Å²) in [6.45, 7) is 2.81. The Kier molecular flexibility index (Phi) is 5.48. The zero-order chi connectivity index (χ0) is 18.6. The second-order valence-corrected chi connectivity index (χ2v) is 7.33. The molecule has 2 amide bonds. The maximum atomic E-state index is 12.4. The summed E-state index contributed by atoms with van der Waals surface area (Å²) in [5.74, 6) is 1.69. The topological polar surface area (TPSA) is 77.1 Å². The van der Waals surface area contributed by atoms with E-state index >= 15 is 0 Å². The Morgan fingerprint density at radius 2 is 1.93 bits per heavy atom. The van der Waals surface area contributed by atoms with Gasteiger partial charge in [0.15, 0.2) is 11.5 Å². The lowest BCUT2D eigenvalue weighted by Crippen LogP contribution is -2.46. The normalized spacial score (nSPS) is 22.1. The lowest BCUT2D eigenvalue weighted by Gasteiger charge is -2.32. The van der Waals surface area contributed by atoms with E-state index in [0.29, 0.717) is 39.1 Å². The quantitative estimate of drug-likeness (QED) is 0.845. The van der Waals surface area contributed by atoms with Crippen LogP contribution in [0.3, 0.4) is 0 Å². The van der Waals surface area contributed by atoms with E-state index in [2.05, 4.69) is 5.32 Å². The van der Waals surface area contributed by atoms with Crippen LogP contribution in [0.2, 0.25) is 0 Å². The van der Waals surface area contributed by atoms with Crippen molar-refractivity contribution in [2.45, 2.75) is 38.2 Å². The zero-order valence-electron chi connectivity index (χ0n) is 15.4. The van der Waals surface area contributed by atoms with Gasteiger partial charge in [-0.15, -0.1) is 0 Å². The van der Waals surface area contributed by atoms with Crippen molar-refractivity contribution < 1.29 is 23.8 Å². The minimum atomic E-state index is -0.267. The van der Waals surface area contributed by atoms with Gasteiger partial charge in [0, 0.05) is 32.2 Å². The Morgan fingerprint density at radius 3 is 2.70 bits per heavy atom. The second kappa shape index (κ2) is 8.17. The number of carbonyl (C=O) groups is 2. The minimum Gasteiger partial charge on any atom is -0.454 e. The van der Waals surface area contributed by atoms with Crippen LogP contribution < -0.4 is 14.8 Å². The Balaban J connectivity index is 1.19. The Morgan fingerprint density at radius 1 is 1.11 bits per heavy atom. The smallest absolute Gasteiger partial charge is 0.251 e. The van der Waals surface area contributed by atoms with Crippen LogP contribution in [0.5, 0.6) is 11.5 Å². The van der Waals surface area contributed by atoms with Crippen molar-refractivity contribution >= 4 is 11.8 Å². The van der Waals surface area contributed by atoms with Gasteiger partial charge < -0.3 is 24.4 Å². The molecule has 3 heterocycles. The van der Waals surface area contributed by atoms with Crippen LogP contribution in [0.4, 0.5) is 0 Å². The Hall–Kier alpha value is -2.28. The van der Waals surface area contributed by atoms with Gasteiger partial charge >= 0.3 is 0 Å². The highest BCUT2D eigenvalue weighted by atomic mass is 16.7. The average molecular weight is 374 g/mol. The van der Waals surface area contributed by atoms with Gasteiger partial charge in [-0.2, -0.15) is 0 Å². The average Bonchev–Trinajstić information content (AvgIpc) is 3.39. The molecule has 2 fully saturated rings. The van der Waals surface area contributed by atoms with Crippen LogP contribution >= 0.6 is 0 Å². The monoisotopic (exact) mass is 374 g/mol. The molecule has 1 aromatic carbocycles. The number of rotatable bonds is 5. The van der Waals surface area contributed by atoms with Gasteiger partial charge in [0.1, 0.15) is 6.10 Å². The summed E-state index contributed by atoms with van der Waals surface area (Å²) in [6.07, 6.45) is 3.69. The molecule has 7 heteroatoms. The number of amides is 2. The van der Waals surface area contributed by atoms with Crippen molar-refractivity contribution in [3.05, 3.63) is 23.8 Å². The predicted octanol–water partition coefficient (Wildman–Crippen LogP) is 1.49. The molecule has 1 N–H and O–H groups in total. The molecule has 3 aliphatic rings. The number of ether oxygens (including phenoxy) is 3. The molecule has 0 aliphatic carbocycles. The second-order valence-electron chi connectivity index (χ2n) is 7.33. The minimum absolute atomic E-state index is 0.0182. The van der Waals surface area contributed by atoms with Crippen molar-refractivity contribution in [2.24, 2.45) is 5.92 Å². The summed E-state index contributed by atoms with van der Waals surface area (Å²) in [7, 11) is 0. The Bertz CT molecular complexity index is 694. The van der Waals surface area contributed by atoms with Gasteiger partial charge in [0.25, 0.3) is 5.91 Å². The first-order valence-electron chi connectivity index (χ1n) is 9.77. The molecule has 3 aliphatic heterocycles. The highest BCUT2D eigenvalue weighted by Gasteiger charge is 2.32. The van der Waals surface area contributed by atoms with Crippen LogP contribution in [0.15, 0.2) is 18.2 Å². The number of nitrogens with zero attached hydrogens (tertiary/aromatic N) is 1. The van der Waals surface area contributed by atoms with Gasteiger partial charge in [-0.25, -0.2) is 0 Å². The molecule has 146 valence electrons. The third-order valence-corrected chi connectivity index (χ3v) is 5.53. The number of benzene rings is 1. The number of hydrogen-bond acceptors (Lipinski definition) is 5. The lowest BCUT2D eigenvalue weighted by atomic mass is 9.95. The molecule has 0 radical (unpaired) electrons. The summed E-state index contributed by atoms with van der Waals surface area (Å²) in [6, 6.07) is 5.86. The van der Waals surface area contributed by atoms with E-state index in [1.54, 1.807) is 0 Å². The molecule has 27 heavy (non-hydrogen) atoms. The van der Waals surface area contributed by atoms with Crippen LogP contribution in [0, 0.1) is 5.92 Å². The van der Waals surface area contributed by atoms with E-state index in [0.717, 1.165) is 36.3 Å². The van der Waals surface area contributed by atoms with Gasteiger partial charge in [0.2, 0.25) is 12.7 Å². The summed E-state index contributed by atoms with van der Waals surface area (Å²) < 4.78 is 16.2. The number of hydrogen-bond donors (Lipinski definition) is 1. The SMILES string of the molecule is O=C(NCCc1ccc2c(c1)OCO2)C1CCN(C(=O)[C@@H]2CCCO2)CC1. The van der Waals surface area contributed by atoms with E-state index in [1.807, 2.05) is 23.1 Å². The summed E-state index contributed by atoms with van der Waals surface area (Å²) in [4.78, 5) is 26.6. The van der Waals surface area contributed by atoms with Crippen LogP contribution in [0.1, 0.15) is 31.2 Å². The highest BCUT2D eigenvalue weighted by Crippen LogP contribution is 2.32. The first kappa shape index (κ1) is 18.1. The molecule has 4 rings (SSSR count). The summed E-state index contributed by atoms with van der Waals surface area (Å²) in [5, 5.41) is 3.03. The van der Waals surface area contributed by atoms with Gasteiger partial charge in [0.05, 0.1) is 0 Å². The number of fused-ring (bicyclic) bond motifs is 1. The van der Waals surface area contributed by atoms with Crippen molar-refractivity contribution in [3.63, 3.8) is 0 Å². The summed E-state index contributed by atoms with van der Waals surface area (Å²) in [5.41, 5.74) is 1.11. The van der Waals surface area contributed by atoms with E-state index in [9.17, 15) is 9.59 Å². The predicted molar refractivity (Wildman–Crippen MR) is 97.6 cm³/mol. The Labute approximate surface area is 158 Å². The fourth-order valence-electron chi connectivity index (χ4n) is 3.91. The first-order valence-corrected chi connectivity index (χ1v) is 9.77. The molecular weight excluding hydrogens is 348 g/mol. The highest BCUT2D eigenvalue weighted by molar-refractivity contribution is 5.82. The van der Waals surface area contributed by atoms with Crippen molar-refractivity contribution in [1.82, 2.24) is 10.2 Å². The molecule has 1 aromatic rings. The zero-order valence-corrected chi connectivity index (χ0v) is 15.4. The fraction of sp³-hybridized carbons (Fsp3) is 0.600. The van der Waals surface area contributed by atoms with Gasteiger partial charge in [-0.05, 0) is 49.8 Å². The van der Waals surface area contributed by atoms with Crippen LogP contribution in [0.25, 0.3) is 0 Å². The standard InChI is InChI=1S/C20H26N2O5/c23-19(21-8-5-14-3-4-16-18(12-14)27-13-26-16)15-6-9-22(10-7-15)20(24)17-2-1-11-25-17/h3-4,12,15,17H,1-2,5-11,13H2,(H,21,23)/t17-/m0/s1. The molecule has 0 saturated carbocycles. The largest absolute Gasteiger partial charge is 0.454 e. The molecule has 0 bridgehead atoms. The molecule has 7 nitrogen and oxygen atoms in total. The van der Waals surface area contributed by atoms with Crippen molar-refractivity contribution in [1.29, 1.82) is 0 Å². The van der Waals surface area contributed by atoms with Gasteiger partial charge in [-0.3, -0.25) is 9.59 Å². The van der Waals surface area contributed by atoms with E-state index < -0.39 is 0 Å². The number of piperidine rings is 1. The summed E-state index contributed by atoms with van der Waals surface area (Å²) >= 11 is 0. The third-order valence-electron chi connectivity index (χ3n) is 5.53. The van der Waals surface area contributed by atoms with E-state index in [1.165, 1.54) is 0 Å². The maximum Gasteiger partial charge on any atom is 0.251 e. The third kappa shape index (κ3) is 4.18. The van der Waals surface area contributed by atoms with E-state index in [4.69, 9.17) is 14.2 Å². The molecule has 2 saturated heterocycles. The molecule has 1 atom stereocenters. The van der Waals surface area contributed by atoms with Crippen molar-refractivity contribution in [3.8, 4) is 11.5 Å². The molecule has 0 unspecified atom stereocenters. The maximum absolute atomic E-state index is 12.4. The lowest BCUT2D eigenvalue weighted by molar-refractivity contribution is -0.143. The molecule has 0 spiro atoms. The van der Waals surface area contributed by atoms with E-state index in [-0.39, 0.29) is 30.6 Å².